The van der Waals surface area contributed by atoms with E-state index in [0.29, 0.717) is 18.7 Å². The van der Waals surface area contributed by atoms with Gasteiger partial charge in [0.15, 0.2) is 0 Å². The third-order valence-corrected chi connectivity index (χ3v) is 4.87. The minimum Gasteiger partial charge on any atom is -0.379 e. The van der Waals surface area contributed by atoms with Crippen LogP contribution in [0, 0.1) is 0 Å². The van der Waals surface area contributed by atoms with Gasteiger partial charge >= 0.3 is 0 Å². The molecule has 2 aliphatic heterocycles. The van der Waals surface area contributed by atoms with Crippen molar-refractivity contribution in [3.8, 4) is 0 Å². The summed E-state index contributed by atoms with van der Waals surface area (Å²) in [7, 11) is 0. The van der Waals surface area contributed by atoms with Crippen LogP contribution in [-0.4, -0.2) is 30.9 Å². The third kappa shape index (κ3) is 3.63. The van der Waals surface area contributed by atoms with Crippen molar-refractivity contribution in [2.45, 2.75) is 31.3 Å². The van der Waals surface area contributed by atoms with E-state index >= 15 is 0 Å². The Morgan fingerprint density at radius 1 is 1.08 bits per heavy atom. The van der Waals surface area contributed by atoms with E-state index in [0.717, 1.165) is 30.7 Å². The van der Waals surface area contributed by atoms with E-state index in [1.54, 1.807) is 0 Å². The van der Waals surface area contributed by atoms with Gasteiger partial charge in [-0.1, -0.05) is 48.5 Å². The summed E-state index contributed by atoms with van der Waals surface area (Å²) in [4.78, 5) is 12.7. The summed E-state index contributed by atoms with van der Waals surface area (Å²) in [6.45, 7) is 1.37. The smallest absolute Gasteiger partial charge is 0.267 e. The maximum absolute atomic E-state index is 12.7. The Labute approximate surface area is 153 Å². The number of nitrogens with zero attached hydrogens (tertiary/aromatic N) is 2. The molecule has 0 saturated carbocycles. The molecule has 2 aromatic carbocycles. The number of hydrogen-bond acceptors (Lipinski definition) is 4. The maximum Gasteiger partial charge on any atom is 0.267 e. The van der Waals surface area contributed by atoms with Gasteiger partial charge in [-0.3, -0.25) is 9.80 Å². The van der Waals surface area contributed by atoms with Gasteiger partial charge in [0.05, 0.1) is 24.4 Å². The van der Waals surface area contributed by atoms with Gasteiger partial charge in [-0.15, -0.1) is 0 Å². The van der Waals surface area contributed by atoms with E-state index in [-0.39, 0.29) is 18.0 Å². The molecule has 2 atom stereocenters. The zero-order valence-electron chi connectivity index (χ0n) is 14.7. The normalized spacial score (nSPS) is 22.8. The van der Waals surface area contributed by atoms with Gasteiger partial charge in [-0.05, 0) is 30.5 Å². The molecule has 0 aliphatic carbocycles. The first-order valence-electron chi connectivity index (χ1n) is 9.16. The minimum absolute atomic E-state index is 0.0296. The number of benzene rings is 2. The number of carbonyl (C=O) groups is 1. The van der Waals surface area contributed by atoms with E-state index in [4.69, 9.17) is 4.74 Å². The predicted octanol–water partition coefficient (Wildman–Crippen LogP) is 3.29. The molecule has 26 heavy (non-hydrogen) atoms. The minimum atomic E-state index is -0.0835. The molecule has 2 aromatic rings. The lowest BCUT2D eigenvalue weighted by Crippen LogP contribution is -2.43. The lowest BCUT2D eigenvalue weighted by Gasteiger charge is -2.23. The number of anilines is 1. The molecule has 1 saturated heterocycles. The molecule has 2 aliphatic rings. The first kappa shape index (κ1) is 16.8. The van der Waals surface area contributed by atoms with E-state index in [9.17, 15) is 4.79 Å². The lowest BCUT2D eigenvalue weighted by molar-refractivity contribution is -0.116. The highest BCUT2D eigenvalue weighted by molar-refractivity contribution is 6.39. The van der Waals surface area contributed by atoms with Gasteiger partial charge in [0.25, 0.3) is 5.91 Å². The first-order valence-corrected chi connectivity index (χ1v) is 9.16. The number of para-hydroxylation sites is 1. The zero-order chi connectivity index (χ0) is 17.8. The number of hydrogen-bond donors (Lipinski definition) is 1. The molecule has 134 valence electrons. The first-order chi connectivity index (χ1) is 12.8. The van der Waals surface area contributed by atoms with Crippen molar-refractivity contribution in [2.24, 2.45) is 5.10 Å². The van der Waals surface area contributed by atoms with E-state index in [1.165, 1.54) is 0 Å². The number of amides is 1. The molecule has 0 radical (unpaired) electrons. The fraction of sp³-hybridized carbons (Fsp3) is 0.333. The van der Waals surface area contributed by atoms with Gasteiger partial charge in [0, 0.05) is 13.0 Å². The molecule has 2 heterocycles. The summed E-state index contributed by atoms with van der Waals surface area (Å²) in [6, 6.07) is 20.4. The largest absolute Gasteiger partial charge is 0.379 e. The summed E-state index contributed by atoms with van der Waals surface area (Å²) >= 11 is 0. The zero-order valence-corrected chi connectivity index (χ0v) is 14.7. The molecule has 0 bridgehead atoms. The van der Waals surface area contributed by atoms with Crippen molar-refractivity contribution >= 4 is 17.3 Å². The molecule has 5 nitrogen and oxygen atoms in total. The summed E-state index contributed by atoms with van der Waals surface area (Å²) < 4.78 is 5.46. The highest BCUT2D eigenvalue weighted by Gasteiger charge is 2.33. The standard InChI is InChI=1S/C21H23N3O2/c25-21(22-17-10-7-13-26-15-17)19-14-20(16-8-3-1-4-9-16)24(23-19)18-11-5-2-6-12-18/h1-6,8-9,11-12,17,20H,7,10,13-15H2,(H,22,25). The quantitative estimate of drug-likeness (QED) is 0.921. The molecule has 0 spiro atoms. The number of hydrazone groups is 1. The van der Waals surface area contributed by atoms with Crippen LogP contribution >= 0.6 is 0 Å². The van der Waals surface area contributed by atoms with Gasteiger partial charge in [0.1, 0.15) is 5.71 Å². The van der Waals surface area contributed by atoms with Gasteiger partial charge in [0.2, 0.25) is 0 Å². The molecule has 1 amide bonds. The van der Waals surface area contributed by atoms with Crippen molar-refractivity contribution in [3.05, 3.63) is 66.2 Å². The Morgan fingerprint density at radius 2 is 1.81 bits per heavy atom. The molecule has 2 unspecified atom stereocenters. The average molecular weight is 349 g/mol. The highest BCUT2D eigenvalue weighted by Crippen LogP contribution is 2.35. The topological polar surface area (TPSA) is 53.9 Å². The number of rotatable bonds is 4. The monoisotopic (exact) mass is 349 g/mol. The van der Waals surface area contributed by atoms with Crippen LogP contribution in [0.3, 0.4) is 0 Å². The van der Waals surface area contributed by atoms with Crippen LogP contribution in [0.1, 0.15) is 30.9 Å². The lowest BCUT2D eigenvalue weighted by atomic mass is 10.0. The number of ether oxygens (including phenoxy) is 1. The molecule has 1 N–H and O–H groups in total. The summed E-state index contributed by atoms with van der Waals surface area (Å²) in [6.07, 6.45) is 2.54. The molecule has 4 rings (SSSR count). The SMILES string of the molecule is O=C(NC1CCCOC1)C1=NN(c2ccccc2)C(c2ccccc2)C1. The molecule has 1 fully saturated rings. The van der Waals surface area contributed by atoms with Crippen LogP contribution < -0.4 is 10.3 Å². The van der Waals surface area contributed by atoms with E-state index in [2.05, 4.69) is 22.6 Å². The van der Waals surface area contributed by atoms with Crippen molar-refractivity contribution in [3.63, 3.8) is 0 Å². The van der Waals surface area contributed by atoms with Crippen LogP contribution in [0.4, 0.5) is 5.69 Å². The van der Waals surface area contributed by atoms with Crippen LogP contribution in [0.2, 0.25) is 0 Å². The second-order valence-corrected chi connectivity index (χ2v) is 6.74. The van der Waals surface area contributed by atoms with Crippen molar-refractivity contribution in [1.29, 1.82) is 0 Å². The van der Waals surface area contributed by atoms with E-state index in [1.807, 2.05) is 53.5 Å². The Morgan fingerprint density at radius 3 is 2.50 bits per heavy atom. The van der Waals surface area contributed by atoms with Gasteiger partial charge in [-0.2, -0.15) is 5.10 Å². The second-order valence-electron chi connectivity index (χ2n) is 6.74. The average Bonchev–Trinajstić information content (AvgIpc) is 3.16. The number of carbonyl (C=O) groups excluding carboxylic acids is 1. The van der Waals surface area contributed by atoms with Gasteiger partial charge < -0.3 is 10.1 Å². The Kier molecular flexibility index (Phi) is 4.97. The Balaban J connectivity index is 1.56. The van der Waals surface area contributed by atoms with Crippen molar-refractivity contribution in [2.75, 3.05) is 18.2 Å². The highest BCUT2D eigenvalue weighted by atomic mass is 16.5. The summed E-state index contributed by atoms with van der Waals surface area (Å²) in [5, 5.41) is 9.72. The van der Waals surface area contributed by atoms with Crippen molar-refractivity contribution in [1.82, 2.24) is 5.32 Å². The fourth-order valence-electron chi connectivity index (χ4n) is 3.52. The molecule has 0 aromatic heterocycles. The maximum atomic E-state index is 12.7. The van der Waals surface area contributed by atoms with Crippen LogP contribution in [-0.2, 0) is 9.53 Å². The molecular formula is C21H23N3O2. The van der Waals surface area contributed by atoms with Crippen molar-refractivity contribution < 1.29 is 9.53 Å². The second kappa shape index (κ2) is 7.70. The van der Waals surface area contributed by atoms with E-state index < -0.39 is 0 Å². The fourth-order valence-corrected chi connectivity index (χ4v) is 3.52. The van der Waals surface area contributed by atoms with Crippen LogP contribution in [0.25, 0.3) is 0 Å². The Bertz CT molecular complexity index is 770. The van der Waals surface area contributed by atoms with Gasteiger partial charge in [-0.25, -0.2) is 0 Å². The predicted molar refractivity (Wildman–Crippen MR) is 102 cm³/mol. The van der Waals surface area contributed by atoms with Crippen LogP contribution in [0.15, 0.2) is 65.8 Å². The van der Waals surface area contributed by atoms with Crippen LogP contribution in [0.5, 0.6) is 0 Å². The third-order valence-electron chi connectivity index (χ3n) is 4.87. The summed E-state index contributed by atoms with van der Waals surface area (Å²) in [5.41, 5.74) is 2.72. The molecular weight excluding hydrogens is 326 g/mol. The molecule has 5 heteroatoms. The summed E-state index contributed by atoms with van der Waals surface area (Å²) in [5.74, 6) is -0.0835. The number of nitrogens with one attached hydrogen (secondary N) is 1. The Hall–Kier alpha value is -2.66.